The summed E-state index contributed by atoms with van der Waals surface area (Å²) in [6, 6.07) is 4.69. The van der Waals surface area contributed by atoms with Gasteiger partial charge in [0.05, 0.1) is 23.4 Å². The summed E-state index contributed by atoms with van der Waals surface area (Å²) in [5.41, 5.74) is 2.96. The molecule has 0 aromatic heterocycles. The van der Waals surface area contributed by atoms with Crippen molar-refractivity contribution in [3.8, 4) is 0 Å². The van der Waals surface area contributed by atoms with E-state index < -0.39 is 18.2 Å². The molecule has 128 valence electrons. The molecule has 3 aliphatic rings. The third-order valence-electron chi connectivity index (χ3n) is 4.78. The second-order valence-corrected chi connectivity index (χ2v) is 6.31. The number of fused-ring (bicyclic) bond motifs is 3. The maximum Gasteiger partial charge on any atom is 0.336 e. The van der Waals surface area contributed by atoms with E-state index in [-0.39, 0.29) is 23.4 Å². The molecule has 0 bridgehead atoms. The maximum atomic E-state index is 12.3. The van der Waals surface area contributed by atoms with Crippen molar-refractivity contribution in [2.75, 3.05) is 0 Å². The van der Waals surface area contributed by atoms with Gasteiger partial charge in [-0.25, -0.2) is 9.59 Å². The van der Waals surface area contributed by atoms with E-state index in [4.69, 9.17) is 14.6 Å². The van der Waals surface area contributed by atoms with E-state index in [0.29, 0.717) is 17.6 Å². The first-order chi connectivity index (χ1) is 11.9. The van der Waals surface area contributed by atoms with Crippen LogP contribution < -0.4 is 5.32 Å². The van der Waals surface area contributed by atoms with E-state index in [9.17, 15) is 14.4 Å². The third-order valence-corrected chi connectivity index (χ3v) is 4.78. The number of hydrogen-bond donors (Lipinski definition) is 2. The molecule has 2 N–H and O–H groups in total. The lowest BCUT2D eigenvalue weighted by atomic mass is 9.97. The molecule has 1 aliphatic carbocycles. The Bertz CT molecular complexity index is 868. The summed E-state index contributed by atoms with van der Waals surface area (Å²) < 4.78 is 10.4. The van der Waals surface area contributed by atoms with Gasteiger partial charge >= 0.3 is 11.9 Å². The fourth-order valence-electron chi connectivity index (χ4n) is 3.49. The quantitative estimate of drug-likeness (QED) is 0.490. The number of carboxylic acid groups (broad SMARTS) is 1. The highest BCUT2D eigenvalue weighted by Gasteiger charge is 2.44. The molecule has 1 aromatic rings. The summed E-state index contributed by atoms with van der Waals surface area (Å²) in [6.45, 7) is 1.63. The Morgan fingerprint density at radius 1 is 1.40 bits per heavy atom. The van der Waals surface area contributed by atoms with Crippen LogP contribution in [0.4, 0.5) is 0 Å². The highest BCUT2D eigenvalue weighted by Crippen LogP contribution is 2.44. The molecule has 1 fully saturated rings. The van der Waals surface area contributed by atoms with Gasteiger partial charge in [0.2, 0.25) is 0 Å². The van der Waals surface area contributed by atoms with Crippen LogP contribution in [0, 0.1) is 5.92 Å². The Morgan fingerprint density at radius 2 is 2.20 bits per heavy atom. The minimum atomic E-state index is -1.00. The van der Waals surface area contributed by atoms with Crippen molar-refractivity contribution >= 4 is 17.8 Å². The van der Waals surface area contributed by atoms with Gasteiger partial charge in [0, 0.05) is 17.6 Å². The average molecular weight is 341 g/mol. The van der Waals surface area contributed by atoms with Gasteiger partial charge in [0.15, 0.2) is 0 Å². The van der Waals surface area contributed by atoms with Gasteiger partial charge in [-0.3, -0.25) is 4.79 Å². The number of aromatic carboxylic acids is 1. The number of carboxylic acids is 1. The Balaban J connectivity index is 1.57. The van der Waals surface area contributed by atoms with E-state index in [2.05, 4.69) is 5.32 Å². The normalized spacial score (nSPS) is 28.3. The molecule has 2 aliphatic heterocycles. The molecule has 1 aromatic carbocycles. The number of hydrogen-bond acceptors (Lipinski definition) is 5. The topological polar surface area (TPSA) is 102 Å². The molecule has 0 saturated carbocycles. The van der Waals surface area contributed by atoms with E-state index in [1.807, 2.05) is 0 Å². The largest absolute Gasteiger partial charge is 0.478 e. The lowest BCUT2D eigenvalue weighted by molar-refractivity contribution is -0.152. The minimum absolute atomic E-state index is 0.131. The van der Waals surface area contributed by atoms with Gasteiger partial charge in [0.25, 0.3) is 12.2 Å². The number of rotatable bonds is 3. The zero-order valence-electron chi connectivity index (χ0n) is 13.3. The van der Waals surface area contributed by atoms with E-state index >= 15 is 0 Å². The molecule has 0 radical (unpaired) electrons. The molecule has 0 unspecified atom stereocenters. The second kappa shape index (κ2) is 5.47. The lowest BCUT2D eigenvalue weighted by Crippen LogP contribution is -2.19. The van der Waals surface area contributed by atoms with Crippen LogP contribution in [0.15, 0.2) is 41.7 Å². The molecule has 0 spiro atoms. The molecular weight excluding hydrogens is 326 g/mol. The van der Waals surface area contributed by atoms with Crippen molar-refractivity contribution in [2.24, 2.45) is 5.92 Å². The van der Waals surface area contributed by atoms with Crippen LogP contribution in [0.3, 0.4) is 0 Å². The zero-order chi connectivity index (χ0) is 17.7. The number of carbonyl (C=O) groups is 3. The molecule has 25 heavy (non-hydrogen) atoms. The molecule has 2 heterocycles. The SMILES string of the molecule is CC1=C[C@H](O/C=C2/C(=O)N[C@H]3c4cc(C(=O)O)ccc4C[C@H]23)OC1=O. The average Bonchev–Trinajstić information content (AvgIpc) is 3.17. The molecular formula is C18H15NO6. The molecule has 4 rings (SSSR count). The van der Waals surface area contributed by atoms with Gasteiger partial charge in [-0.15, -0.1) is 0 Å². The Hall–Kier alpha value is -3.09. The monoisotopic (exact) mass is 341 g/mol. The van der Waals surface area contributed by atoms with Gasteiger partial charge in [0.1, 0.15) is 0 Å². The van der Waals surface area contributed by atoms with E-state index in [1.165, 1.54) is 6.26 Å². The number of carbonyl (C=O) groups excluding carboxylic acids is 2. The lowest BCUT2D eigenvalue weighted by Gasteiger charge is -2.11. The number of esters is 1. The summed E-state index contributed by atoms with van der Waals surface area (Å²) in [6.07, 6.45) is 2.69. The number of benzene rings is 1. The summed E-state index contributed by atoms with van der Waals surface area (Å²) in [5, 5.41) is 12.0. The minimum Gasteiger partial charge on any atom is -0.478 e. The second-order valence-electron chi connectivity index (χ2n) is 6.31. The zero-order valence-corrected chi connectivity index (χ0v) is 13.3. The molecule has 7 heteroatoms. The number of nitrogens with one attached hydrogen (secondary N) is 1. The fraction of sp³-hybridized carbons (Fsp3) is 0.278. The van der Waals surface area contributed by atoms with E-state index in [0.717, 1.165) is 11.1 Å². The third kappa shape index (κ3) is 2.48. The smallest absolute Gasteiger partial charge is 0.336 e. The summed E-state index contributed by atoms with van der Waals surface area (Å²) in [4.78, 5) is 34.8. The van der Waals surface area contributed by atoms with Crippen LogP contribution >= 0.6 is 0 Å². The Morgan fingerprint density at radius 3 is 2.88 bits per heavy atom. The first kappa shape index (κ1) is 15.4. The van der Waals surface area contributed by atoms with Crippen LogP contribution in [-0.2, 0) is 25.5 Å². The van der Waals surface area contributed by atoms with Crippen molar-refractivity contribution in [3.05, 3.63) is 58.4 Å². The van der Waals surface area contributed by atoms with Crippen LogP contribution in [0.5, 0.6) is 0 Å². The highest BCUT2D eigenvalue weighted by molar-refractivity contribution is 5.97. The van der Waals surface area contributed by atoms with Gasteiger partial charge in [-0.1, -0.05) is 6.07 Å². The standard InChI is InChI=1S/C18H15NO6/c1-8-4-14(25-18(8)23)24-7-13-12-5-9-2-3-10(17(21)22)6-11(9)15(12)19-16(13)20/h2-4,6-7,12,14-15H,5H2,1H3,(H,19,20)(H,21,22)/b13-7+/t12-,14-,15+/m1/s1. The Kier molecular flexibility index (Phi) is 3.38. The fourth-order valence-corrected chi connectivity index (χ4v) is 3.49. The van der Waals surface area contributed by atoms with Crippen molar-refractivity contribution in [3.63, 3.8) is 0 Å². The van der Waals surface area contributed by atoms with Gasteiger partial charge in [-0.2, -0.15) is 0 Å². The van der Waals surface area contributed by atoms with Gasteiger partial charge < -0.3 is 19.9 Å². The molecule has 1 amide bonds. The predicted octanol–water partition coefficient (Wildman–Crippen LogP) is 1.46. The van der Waals surface area contributed by atoms with Crippen LogP contribution in [-0.4, -0.2) is 29.2 Å². The summed E-state index contributed by atoms with van der Waals surface area (Å²) in [7, 11) is 0. The van der Waals surface area contributed by atoms with Crippen molar-refractivity contribution in [2.45, 2.75) is 25.7 Å². The van der Waals surface area contributed by atoms with E-state index in [1.54, 1.807) is 31.2 Å². The van der Waals surface area contributed by atoms with Gasteiger partial charge in [-0.05, 0) is 36.6 Å². The molecule has 7 nitrogen and oxygen atoms in total. The van der Waals surface area contributed by atoms with Crippen molar-refractivity contribution < 1.29 is 29.0 Å². The first-order valence-electron chi connectivity index (χ1n) is 7.86. The number of amides is 1. The molecule has 3 atom stereocenters. The molecule has 1 saturated heterocycles. The maximum absolute atomic E-state index is 12.3. The highest BCUT2D eigenvalue weighted by atomic mass is 16.7. The summed E-state index contributed by atoms with van der Waals surface area (Å²) >= 11 is 0. The van der Waals surface area contributed by atoms with Crippen molar-refractivity contribution in [1.82, 2.24) is 5.32 Å². The van der Waals surface area contributed by atoms with Crippen LogP contribution in [0.1, 0.15) is 34.5 Å². The Labute approximate surface area is 142 Å². The predicted molar refractivity (Wildman–Crippen MR) is 84.3 cm³/mol. The first-order valence-corrected chi connectivity index (χ1v) is 7.86. The number of ether oxygens (including phenoxy) is 2. The number of cyclic esters (lactones) is 1. The summed E-state index contributed by atoms with van der Waals surface area (Å²) in [5.74, 6) is -1.83. The van der Waals surface area contributed by atoms with Crippen LogP contribution in [0.2, 0.25) is 0 Å². The van der Waals surface area contributed by atoms with Crippen molar-refractivity contribution in [1.29, 1.82) is 0 Å². The van der Waals surface area contributed by atoms with Crippen LogP contribution in [0.25, 0.3) is 0 Å².